The highest BCUT2D eigenvalue weighted by molar-refractivity contribution is 6.00. The maximum atomic E-state index is 12.8. The van der Waals surface area contributed by atoms with Gasteiger partial charge in [-0.15, -0.1) is 6.58 Å². The molecular weight excluding hydrogens is 288 g/mol. The molecule has 23 heavy (non-hydrogen) atoms. The molecule has 1 heterocycles. The molecule has 3 rings (SSSR count). The topological polar surface area (TPSA) is 55.6 Å². The van der Waals surface area contributed by atoms with Crippen molar-refractivity contribution in [3.8, 4) is 5.75 Å². The zero-order valence-corrected chi connectivity index (χ0v) is 13.2. The molecule has 0 aliphatic carbocycles. The fourth-order valence-electron chi connectivity index (χ4n) is 2.73. The molecule has 1 atom stereocenters. The lowest BCUT2D eigenvalue weighted by molar-refractivity contribution is -0.126. The fourth-order valence-corrected chi connectivity index (χ4v) is 2.73. The van der Waals surface area contributed by atoms with Crippen molar-refractivity contribution in [3.63, 3.8) is 0 Å². The predicted octanol–water partition coefficient (Wildman–Crippen LogP) is 3.10. The van der Waals surface area contributed by atoms with Gasteiger partial charge in [-0.1, -0.05) is 35.9 Å². The van der Waals surface area contributed by atoms with Gasteiger partial charge in [-0.2, -0.15) is 0 Å². The smallest absolute Gasteiger partial charge is 0.268 e. The third-order valence-corrected chi connectivity index (χ3v) is 3.94. The van der Waals surface area contributed by atoms with E-state index in [9.17, 15) is 4.79 Å². The van der Waals surface area contributed by atoms with E-state index in [4.69, 9.17) is 10.5 Å². The molecule has 0 spiro atoms. The minimum absolute atomic E-state index is 0.0530. The summed E-state index contributed by atoms with van der Waals surface area (Å²) >= 11 is 0. The fraction of sp³-hybridized carbons (Fsp3) is 0.211. The first kappa shape index (κ1) is 15.2. The highest BCUT2D eigenvalue weighted by Crippen LogP contribution is 2.36. The molecule has 118 valence electrons. The van der Waals surface area contributed by atoms with Gasteiger partial charge in [0, 0.05) is 24.7 Å². The Balaban J connectivity index is 1.91. The maximum Gasteiger partial charge on any atom is 0.268 e. The van der Waals surface area contributed by atoms with Crippen LogP contribution >= 0.6 is 0 Å². The molecule has 1 amide bonds. The van der Waals surface area contributed by atoms with Crippen LogP contribution in [0.15, 0.2) is 55.1 Å². The van der Waals surface area contributed by atoms with Crippen LogP contribution in [0.4, 0.5) is 11.4 Å². The lowest BCUT2D eigenvalue weighted by Gasteiger charge is -2.34. The molecule has 2 aromatic rings. The van der Waals surface area contributed by atoms with E-state index >= 15 is 0 Å². The van der Waals surface area contributed by atoms with Crippen LogP contribution in [0, 0.1) is 6.92 Å². The van der Waals surface area contributed by atoms with Gasteiger partial charge >= 0.3 is 0 Å². The molecule has 0 bridgehead atoms. The van der Waals surface area contributed by atoms with E-state index in [1.807, 2.05) is 37.3 Å². The molecule has 4 heteroatoms. The molecule has 2 aromatic carbocycles. The number of ether oxygens (including phenoxy) is 1. The van der Waals surface area contributed by atoms with Crippen molar-refractivity contribution in [3.05, 3.63) is 66.2 Å². The van der Waals surface area contributed by atoms with Gasteiger partial charge in [-0.3, -0.25) is 4.79 Å². The van der Waals surface area contributed by atoms with E-state index in [2.05, 4.69) is 6.58 Å². The number of hydrogen-bond donors (Lipinski definition) is 1. The van der Waals surface area contributed by atoms with Crippen molar-refractivity contribution in [2.24, 2.45) is 0 Å². The summed E-state index contributed by atoms with van der Waals surface area (Å²) in [6.07, 6.45) is 1.69. The molecule has 0 aromatic heterocycles. The van der Waals surface area contributed by atoms with Crippen molar-refractivity contribution < 1.29 is 9.53 Å². The largest absolute Gasteiger partial charge is 0.478 e. The second-order valence-electron chi connectivity index (χ2n) is 5.76. The quantitative estimate of drug-likeness (QED) is 0.697. The Morgan fingerprint density at radius 2 is 2.00 bits per heavy atom. The Morgan fingerprint density at radius 3 is 2.70 bits per heavy atom. The number of amides is 1. The Labute approximate surface area is 136 Å². The number of nitrogen functional groups attached to an aromatic ring is 1. The summed E-state index contributed by atoms with van der Waals surface area (Å²) in [5.41, 5.74) is 9.46. The van der Waals surface area contributed by atoms with Crippen LogP contribution in [0.3, 0.4) is 0 Å². The van der Waals surface area contributed by atoms with E-state index in [0.717, 1.165) is 11.3 Å². The third kappa shape index (κ3) is 3.06. The van der Waals surface area contributed by atoms with E-state index < -0.39 is 6.10 Å². The van der Waals surface area contributed by atoms with Crippen molar-refractivity contribution in [1.82, 2.24) is 0 Å². The highest BCUT2D eigenvalue weighted by Gasteiger charge is 2.33. The number of hydrogen-bond acceptors (Lipinski definition) is 3. The van der Waals surface area contributed by atoms with Crippen LogP contribution in [0.1, 0.15) is 11.1 Å². The number of carbonyl (C=O) groups excluding carboxylic acids is 1. The first-order chi connectivity index (χ1) is 11.1. The number of aryl methyl sites for hydroxylation is 1. The number of nitrogens with zero attached hydrogens (tertiary/aromatic N) is 1. The van der Waals surface area contributed by atoms with Gasteiger partial charge in [0.1, 0.15) is 5.75 Å². The minimum atomic E-state index is -0.549. The van der Waals surface area contributed by atoms with Gasteiger partial charge < -0.3 is 15.4 Å². The van der Waals surface area contributed by atoms with E-state index in [-0.39, 0.29) is 5.91 Å². The average Bonchev–Trinajstić information content (AvgIpc) is 2.53. The zero-order valence-electron chi connectivity index (χ0n) is 13.2. The van der Waals surface area contributed by atoms with Gasteiger partial charge in [-0.25, -0.2) is 0 Å². The predicted molar refractivity (Wildman–Crippen MR) is 92.7 cm³/mol. The maximum absolute atomic E-state index is 12.8. The lowest BCUT2D eigenvalue weighted by atomic mass is 10.0. The van der Waals surface area contributed by atoms with Crippen molar-refractivity contribution in [1.29, 1.82) is 0 Å². The molecular formula is C19H20N2O2. The van der Waals surface area contributed by atoms with Crippen LogP contribution in [0.5, 0.6) is 5.75 Å². The van der Waals surface area contributed by atoms with E-state index in [1.54, 1.807) is 23.1 Å². The SMILES string of the molecule is C=CCN1C(=O)C(Cc2ccc(C)cc2)Oc2cc(N)ccc21. The van der Waals surface area contributed by atoms with Gasteiger partial charge in [0.05, 0.1) is 5.69 Å². The summed E-state index contributed by atoms with van der Waals surface area (Å²) in [5, 5.41) is 0. The molecule has 1 unspecified atom stereocenters. The zero-order chi connectivity index (χ0) is 16.4. The Kier molecular flexibility index (Phi) is 4.06. The second kappa shape index (κ2) is 6.16. The summed E-state index contributed by atoms with van der Waals surface area (Å²) in [6.45, 7) is 6.23. The number of nitrogens with two attached hydrogens (primary N) is 1. The average molecular weight is 308 g/mol. The van der Waals surface area contributed by atoms with Crippen LogP contribution in [0.25, 0.3) is 0 Å². The van der Waals surface area contributed by atoms with Crippen molar-refractivity contribution in [2.75, 3.05) is 17.2 Å². The van der Waals surface area contributed by atoms with E-state index in [1.165, 1.54) is 5.56 Å². The second-order valence-corrected chi connectivity index (χ2v) is 5.76. The summed E-state index contributed by atoms with van der Waals surface area (Å²) in [4.78, 5) is 14.5. The van der Waals surface area contributed by atoms with Gasteiger partial charge in [0.25, 0.3) is 5.91 Å². The van der Waals surface area contributed by atoms with E-state index in [0.29, 0.717) is 24.4 Å². The summed E-state index contributed by atoms with van der Waals surface area (Å²) in [6, 6.07) is 13.5. The Bertz CT molecular complexity index is 738. The number of anilines is 2. The molecule has 1 aliphatic heterocycles. The number of fused-ring (bicyclic) bond motifs is 1. The highest BCUT2D eigenvalue weighted by atomic mass is 16.5. The Morgan fingerprint density at radius 1 is 1.26 bits per heavy atom. The van der Waals surface area contributed by atoms with Crippen LogP contribution in [-0.4, -0.2) is 18.6 Å². The molecule has 2 N–H and O–H groups in total. The van der Waals surface area contributed by atoms with Crippen LogP contribution in [-0.2, 0) is 11.2 Å². The molecule has 0 saturated heterocycles. The lowest BCUT2D eigenvalue weighted by Crippen LogP contribution is -2.47. The number of rotatable bonds is 4. The monoisotopic (exact) mass is 308 g/mol. The third-order valence-electron chi connectivity index (χ3n) is 3.94. The van der Waals surface area contributed by atoms with Crippen LogP contribution < -0.4 is 15.4 Å². The molecule has 0 saturated carbocycles. The summed E-state index contributed by atoms with van der Waals surface area (Å²) in [5.74, 6) is 0.589. The molecule has 1 aliphatic rings. The molecule has 0 radical (unpaired) electrons. The Hall–Kier alpha value is -2.75. The number of benzene rings is 2. The standard InChI is InChI=1S/C19H20N2O2/c1-3-10-21-16-9-8-15(20)12-17(16)23-18(19(21)22)11-14-6-4-13(2)5-7-14/h3-9,12,18H,1,10-11,20H2,2H3. The first-order valence-electron chi connectivity index (χ1n) is 7.62. The minimum Gasteiger partial charge on any atom is -0.478 e. The van der Waals surface area contributed by atoms with Crippen LogP contribution in [0.2, 0.25) is 0 Å². The van der Waals surface area contributed by atoms with Gasteiger partial charge in [0.15, 0.2) is 6.10 Å². The normalized spacial score (nSPS) is 16.7. The van der Waals surface area contributed by atoms with Gasteiger partial charge in [-0.05, 0) is 24.6 Å². The molecule has 0 fully saturated rings. The number of carbonyl (C=O) groups is 1. The molecule has 4 nitrogen and oxygen atoms in total. The van der Waals surface area contributed by atoms with Gasteiger partial charge in [0.2, 0.25) is 0 Å². The van der Waals surface area contributed by atoms with Crippen molar-refractivity contribution in [2.45, 2.75) is 19.4 Å². The van der Waals surface area contributed by atoms with Crippen molar-refractivity contribution >= 4 is 17.3 Å². The summed E-state index contributed by atoms with van der Waals surface area (Å²) < 4.78 is 5.93. The summed E-state index contributed by atoms with van der Waals surface area (Å²) in [7, 11) is 0. The first-order valence-corrected chi connectivity index (χ1v) is 7.62.